The first-order valence-electron chi connectivity index (χ1n) is 11.0. The first kappa shape index (κ1) is 24.1. The monoisotopic (exact) mass is 492 g/mol. The highest BCUT2D eigenvalue weighted by Crippen LogP contribution is 2.27. The lowest BCUT2D eigenvalue weighted by Gasteiger charge is -2.25. The summed E-state index contributed by atoms with van der Waals surface area (Å²) in [4.78, 5) is 32.0. The van der Waals surface area contributed by atoms with Gasteiger partial charge in [-0.25, -0.2) is 4.98 Å². The molecule has 0 aliphatic carbocycles. The molecule has 9 heteroatoms. The molecule has 2 aromatic heterocycles. The Labute approximate surface area is 208 Å². The normalized spacial score (nSPS) is 10.9. The number of imidazole rings is 1. The van der Waals surface area contributed by atoms with E-state index in [4.69, 9.17) is 20.8 Å². The smallest absolute Gasteiger partial charge is 0.290 e. The van der Waals surface area contributed by atoms with Gasteiger partial charge in [0.2, 0.25) is 11.9 Å². The highest BCUT2D eigenvalue weighted by Gasteiger charge is 2.24. The molecule has 2 amide bonds. The number of halogens is 1. The number of nitrogens with zero attached hydrogens (tertiary/aromatic N) is 3. The van der Waals surface area contributed by atoms with Crippen molar-refractivity contribution in [2.24, 2.45) is 0 Å². The molecule has 0 fully saturated rings. The zero-order valence-corrected chi connectivity index (χ0v) is 20.3. The third kappa shape index (κ3) is 5.55. The van der Waals surface area contributed by atoms with Gasteiger partial charge in [-0.1, -0.05) is 29.8 Å². The molecule has 0 saturated carbocycles. The maximum Gasteiger partial charge on any atom is 0.290 e. The summed E-state index contributed by atoms with van der Waals surface area (Å²) in [7, 11) is 1.59. The van der Waals surface area contributed by atoms with Gasteiger partial charge in [-0.15, -0.1) is 0 Å². The molecule has 0 spiro atoms. The summed E-state index contributed by atoms with van der Waals surface area (Å²) in [6.45, 7) is 3.51. The maximum atomic E-state index is 13.1. The molecule has 4 aromatic rings. The largest absolute Gasteiger partial charge is 0.497 e. The topological polar surface area (TPSA) is 89.6 Å². The zero-order valence-electron chi connectivity index (χ0n) is 19.6. The number of benzene rings is 2. The molecule has 0 bridgehead atoms. The molecular formula is C26H25ClN4O4. The van der Waals surface area contributed by atoms with Crippen molar-refractivity contribution >= 4 is 29.4 Å². The Morgan fingerprint density at radius 3 is 2.57 bits per heavy atom. The number of aromatic nitrogens is 2. The van der Waals surface area contributed by atoms with Gasteiger partial charge in [0, 0.05) is 28.9 Å². The Morgan fingerprint density at radius 1 is 1.14 bits per heavy atom. The van der Waals surface area contributed by atoms with E-state index in [2.05, 4.69) is 10.3 Å². The molecule has 0 aliphatic heterocycles. The van der Waals surface area contributed by atoms with Gasteiger partial charge in [0.25, 0.3) is 5.91 Å². The lowest BCUT2D eigenvalue weighted by molar-refractivity contribution is -0.117. The van der Waals surface area contributed by atoms with Crippen molar-refractivity contribution in [3.8, 4) is 22.7 Å². The van der Waals surface area contributed by atoms with Crippen molar-refractivity contribution in [1.82, 2.24) is 14.5 Å². The average molecular weight is 493 g/mol. The number of amides is 2. The Morgan fingerprint density at radius 2 is 1.91 bits per heavy atom. The Balaban J connectivity index is 1.64. The van der Waals surface area contributed by atoms with Crippen molar-refractivity contribution in [3.63, 3.8) is 0 Å². The van der Waals surface area contributed by atoms with Gasteiger partial charge in [-0.3, -0.25) is 19.5 Å². The van der Waals surface area contributed by atoms with E-state index in [1.807, 2.05) is 56.4 Å². The van der Waals surface area contributed by atoms with Gasteiger partial charge >= 0.3 is 0 Å². The van der Waals surface area contributed by atoms with E-state index < -0.39 is 5.91 Å². The second kappa shape index (κ2) is 10.5. The number of carbonyl (C=O) groups is 2. The molecule has 180 valence electrons. The number of ether oxygens (including phenoxy) is 1. The Kier molecular flexibility index (Phi) is 7.22. The van der Waals surface area contributed by atoms with Gasteiger partial charge in [-0.2, -0.15) is 0 Å². The molecule has 0 aliphatic rings. The van der Waals surface area contributed by atoms with E-state index in [1.54, 1.807) is 35.9 Å². The van der Waals surface area contributed by atoms with Crippen LogP contribution < -0.4 is 10.1 Å². The Bertz CT molecular complexity index is 1310. The third-order valence-corrected chi connectivity index (χ3v) is 5.61. The number of hydrogen-bond acceptors (Lipinski definition) is 5. The average Bonchev–Trinajstić information content (AvgIpc) is 3.53. The number of nitrogens with one attached hydrogen (secondary N) is 1. The van der Waals surface area contributed by atoms with Crippen LogP contribution >= 0.6 is 11.6 Å². The summed E-state index contributed by atoms with van der Waals surface area (Å²) in [6, 6.07) is 17.7. The quantitative estimate of drug-likeness (QED) is 0.361. The van der Waals surface area contributed by atoms with Crippen LogP contribution in [-0.2, 0) is 4.79 Å². The van der Waals surface area contributed by atoms with Gasteiger partial charge in [0.15, 0.2) is 5.76 Å². The minimum absolute atomic E-state index is 0.168. The van der Waals surface area contributed by atoms with E-state index in [0.29, 0.717) is 22.4 Å². The number of furan rings is 1. The summed E-state index contributed by atoms with van der Waals surface area (Å²) >= 11 is 6.03. The summed E-state index contributed by atoms with van der Waals surface area (Å²) in [6.07, 6.45) is 3.25. The van der Waals surface area contributed by atoms with Crippen LogP contribution in [0.4, 0.5) is 5.95 Å². The summed E-state index contributed by atoms with van der Waals surface area (Å²) < 4.78 is 12.3. The SMILES string of the molecule is COc1cccc(-n2cc(-c3ccc(Cl)cc3)nc2NC(=O)CN(C(=O)c2ccco2)C(C)C)c1. The molecule has 0 saturated heterocycles. The lowest BCUT2D eigenvalue weighted by Crippen LogP contribution is -2.42. The predicted octanol–water partition coefficient (Wildman–Crippen LogP) is 5.28. The highest BCUT2D eigenvalue weighted by atomic mass is 35.5. The summed E-state index contributed by atoms with van der Waals surface area (Å²) in [5.74, 6) is 0.391. The fourth-order valence-electron chi connectivity index (χ4n) is 3.53. The number of methoxy groups -OCH3 is 1. The first-order valence-corrected chi connectivity index (χ1v) is 11.4. The zero-order chi connectivity index (χ0) is 24.9. The Hall–Kier alpha value is -4.04. The molecule has 4 rings (SSSR count). The van der Waals surface area contributed by atoms with Crippen LogP contribution in [0.15, 0.2) is 77.5 Å². The van der Waals surface area contributed by atoms with Crippen molar-refractivity contribution in [2.45, 2.75) is 19.9 Å². The van der Waals surface area contributed by atoms with Crippen LogP contribution in [0.2, 0.25) is 5.02 Å². The molecule has 2 aromatic carbocycles. The van der Waals surface area contributed by atoms with Crippen LogP contribution in [-0.4, -0.2) is 46.0 Å². The molecule has 1 N–H and O–H groups in total. The molecule has 2 heterocycles. The fourth-order valence-corrected chi connectivity index (χ4v) is 3.66. The number of anilines is 1. The molecule has 8 nitrogen and oxygen atoms in total. The molecule has 0 atom stereocenters. The molecule has 0 unspecified atom stereocenters. The van der Waals surface area contributed by atoms with E-state index in [-0.39, 0.29) is 24.3 Å². The van der Waals surface area contributed by atoms with Crippen LogP contribution in [0, 0.1) is 0 Å². The molecule has 35 heavy (non-hydrogen) atoms. The molecular weight excluding hydrogens is 468 g/mol. The van der Waals surface area contributed by atoms with Crippen LogP contribution in [0.25, 0.3) is 16.9 Å². The third-order valence-electron chi connectivity index (χ3n) is 5.36. The van der Waals surface area contributed by atoms with Crippen LogP contribution in [0.1, 0.15) is 24.4 Å². The van der Waals surface area contributed by atoms with Crippen LogP contribution in [0.3, 0.4) is 0 Å². The highest BCUT2D eigenvalue weighted by molar-refractivity contribution is 6.30. The fraction of sp³-hybridized carbons (Fsp3) is 0.192. The van der Waals surface area contributed by atoms with Gasteiger partial charge < -0.3 is 14.1 Å². The van der Waals surface area contributed by atoms with Gasteiger partial charge in [-0.05, 0) is 50.2 Å². The van der Waals surface area contributed by atoms with Gasteiger partial charge in [0.1, 0.15) is 12.3 Å². The van der Waals surface area contributed by atoms with Crippen molar-refractivity contribution in [1.29, 1.82) is 0 Å². The van der Waals surface area contributed by atoms with E-state index in [1.165, 1.54) is 11.2 Å². The number of carbonyl (C=O) groups excluding carboxylic acids is 2. The number of rotatable bonds is 8. The summed E-state index contributed by atoms with van der Waals surface area (Å²) in [5.41, 5.74) is 2.23. The van der Waals surface area contributed by atoms with Crippen molar-refractivity contribution < 1.29 is 18.7 Å². The second-order valence-corrected chi connectivity index (χ2v) is 8.52. The van der Waals surface area contributed by atoms with E-state index in [9.17, 15) is 9.59 Å². The molecule has 0 radical (unpaired) electrons. The second-order valence-electron chi connectivity index (χ2n) is 8.08. The summed E-state index contributed by atoms with van der Waals surface area (Å²) in [5, 5.41) is 3.47. The number of hydrogen-bond donors (Lipinski definition) is 1. The minimum atomic E-state index is -0.393. The standard InChI is InChI=1S/C26H25ClN4O4/c1-17(2)30(25(33)23-8-5-13-35-23)16-24(32)29-26-28-22(18-9-11-19(27)12-10-18)15-31(26)20-6-4-7-21(14-20)34-3/h4-15,17H,16H2,1-3H3,(H,28,29,32). The van der Waals surface area contributed by atoms with E-state index >= 15 is 0 Å². The lowest BCUT2D eigenvalue weighted by atomic mass is 10.2. The minimum Gasteiger partial charge on any atom is -0.497 e. The van der Waals surface area contributed by atoms with Gasteiger partial charge in [0.05, 0.1) is 24.8 Å². The first-order chi connectivity index (χ1) is 16.9. The van der Waals surface area contributed by atoms with E-state index in [0.717, 1.165) is 11.3 Å². The maximum absolute atomic E-state index is 13.1. The van der Waals surface area contributed by atoms with Crippen molar-refractivity contribution in [3.05, 3.63) is 83.9 Å². The predicted molar refractivity (Wildman–Crippen MR) is 134 cm³/mol. The van der Waals surface area contributed by atoms with Crippen molar-refractivity contribution in [2.75, 3.05) is 19.0 Å². The van der Waals surface area contributed by atoms with Crippen LogP contribution in [0.5, 0.6) is 5.75 Å².